The van der Waals surface area contributed by atoms with Gasteiger partial charge >= 0.3 is 12.0 Å². The van der Waals surface area contributed by atoms with Gasteiger partial charge in [0, 0.05) is 0 Å². The van der Waals surface area contributed by atoms with E-state index >= 15 is 0 Å². The van der Waals surface area contributed by atoms with Gasteiger partial charge in [-0.1, -0.05) is 0 Å². The quantitative estimate of drug-likeness (QED) is 0.449. The van der Waals surface area contributed by atoms with Gasteiger partial charge in [0.15, 0.2) is 0 Å². The maximum atomic E-state index is 11.0. The molecule has 0 aliphatic rings. The van der Waals surface area contributed by atoms with E-state index in [0.717, 1.165) is 0 Å². The van der Waals surface area contributed by atoms with Crippen LogP contribution in [0, 0.1) is 0 Å². The number of nitrogens with one attached hydrogen (secondary N) is 2. The molecule has 0 radical (unpaired) electrons. The van der Waals surface area contributed by atoms with Crippen molar-refractivity contribution in [1.29, 1.82) is 0 Å². The van der Waals surface area contributed by atoms with E-state index in [-0.39, 0.29) is 0 Å². The topological polar surface area (TPSA) is 122 Å². The highest BCUT2D eigenvalue weighted by Gasteiger charge is 2.19. The summed E-state index contributed by atoms with van der Waals surface area (Å²) in [6, 6.07) is -2.64. The van der Waals surface area contributed by atoms with Gasteiger partial charge in [-0.25, -0.2) is 4.79 Å². The number of imide groups is 1. The molecule has 0 aromatic heterocycles. The third kappa shape index (κ3) is 4.41. The molecule has 14 heavy (non-hydrogen) atoms. The highest BCUT2D eigenvalue weighted by molar-refractivity contribution is 5.96. The van der Waals surface area contributed by atoms with Crippen molar-refractivity contribution in [2.45, 2.75) is 25.9 Å². The van der Waals surface area contributed by atoms with Gasteiger partial charge in [-0.3, -0.25) is 20.2 Å². The van der Waals surface area contributed by atoms with Crippen molar-refractivity contribution in [2.24, 2.45) is 5.73 Å². The Kier molecular flexibility index (Phi) is 4.57. The minimum atomic E-state index is -1.08. The molecule has 0 rings (SSSR count). The van der Waals surface area contributed by atoms with Gasteiger partial charge in [0.05, 0.1) is 6.04 Å². The minimum absolute atomic E-state index is 0.661. The summed E-state index contributed by atoms with van der Waals surface area (Å²) in [6.07, 6.45) is 0. The molecule has 0 aromatic carbocycles. The van der Waals surface area contributed by atoms with Gasteiger partial charge in [0.2, 0.25) is 5.91 Å². The number of hydrogen-bond donors (Lipinski definition) is 4. The second kappa shape index (κ2) is 5.18. The minimum Gasteiger partial charge on any atom is -0.480 e. The fourth-order valence-corrected chi connectivity index (χ4v) is 0.752. The first-order valence-electron chi connectivity index (χ1n) is 3.93. The number of nitrogens with two attached hydrogens (primary N) is 1. The summed E-state index contributed by atoms with van der Waals surface area (Å²) < 4.78 is 0. The van der Waals surface area contributed by atoms with E-state index in [4.69, 9.17) is 10.8 Å². The van der Waals surface area contributed by atoms with E-state index in [2.05, 4.69) is 5.32 Å². The fourth-order valence-electron chi connectivity index (χ4n) is 0.752. The Hall–Kier alpha value is -1.63. The van der Waals surface area contributed by atoms with Gasteiger partial charge in [-0.15, -0.1) is 0 Å². The van der Waals surface area contributed by atoms with E-state index in [9.17, 15) is 14.4 Å². The van der Waals surface area contributed by atoms with Crippen molar-refractivity contribution in [1.82, 2.24) is 10.6 Å². The Morgan fingerprint density at radius 3 is 2.07 bits per heavy atom. The Bertz CT molecular complexity index is 253. The van der Waals surface area contributed by atoms with Gasteiger partial charge in [0.25, 0.3) is 0 Å². The zero-order chi connectivity index (χ0) is 11.3. The van der Waals surface area contributed by atoms with E-state index in [1.54, 1.807) is 0 Å². The molecule has 3 amide bonds. The summed E-state index contributed by atoms with van der Waals surface area (Å²) in [7, 11) is 0. The molecule has 0 aliphatic heterocycles. The Balaban J connectivity index is 4.07. The zero-order valence-corrected chi connectivity index (χ0v) is 7.90. The third-order valence-corrected chi connectivity index (χ3v) is 1.51. The van der Waals surface area contributed by atoms with Crippen LogP contribution < -0.4 is 16.4 Å². The van der Waals surface area contributed by atoms with Crippen LogP contribution >= 0.6 is 0 Å². The number of carboxylic acids is 1. The first-order valence-corrected chi connectivity index (χ1v) is 3.93. The van der Waals surface area contributed by atoms with Gasteiger partial charge in [-0.2, -0.15) is 0 Å². The van der Waals surface area contributed by atoms with Crippen LogP contribution in [0.1, 0.15) is 13.8 Å². The number of hydrogen-bond acceptors (Lipinski definition) is 4. The number of amides is 3. The summed E-state index contributed by atoms with van der Waals surface area (Å²) >= 11 is 0. The van der Waals surface area contributed by atoms with E-state index in [1.165, 1.54) is 13.8 Å². The lowest BCUT2D eigenvalue weighted by Crippen LogP contribution is -2.50. The normalized spacial score (nSPS) is 14.1. The number of carbonyl (C=O) groups is 3. The predicted molar refractivity (Wildman–Crippen MR) is 47.4 cm³/mol. The van der Waals surface area contributed by atoms with E-state index in [1.807, 2.05) is 5.32 Å². The second-order valence-electron chi connectivity index (χ2n) is 2.80. The monoisotopic (exact) mass is 203 g/mol. The van der Waals surface area contributed by atoms with Crippen LogP contribution in [-0.4, -0.2) is 35.1 Å². The predicted octanol–water partition coefficient (Wildman–Crippen LogP) is -1.37. The SMILES string of the molecule is CC(NC(C)C(=O)NC(N)=O)C(=O)O. The van der Waals surface area contributed by atoms with Crippen LogP contribution in [-0.2, 0) is 9.59 Å². The molecule has 0 spiro atoms. The number of rotatable bonds is 4. The highest BCUT2D eigenvalue weighted by atomic mass is 16.4. The van der Waals surface area contributed by atoms with Gasteiger partial charge in [0.1, 0.15) is 6.04 Å². The number of carboxylic acid groups (broad SMARTS) is 1. The molecule has 5 N–H and O–H groups in total. The Morgan fingerprint density at radius 1 is 1.21 bits per heavy atom. The summed E-state index contributed by atoms with van der Waals surface area (Å²) in [4.78, 5) is 31.7. The average molecular weight is 203 g/mol. The molecule has 0 bridgehead atoms. The smallest absolute Gasteiger partial charge is 0.320 e. The van der Waals surface area contributed by atoms with Crippen molar-refractivity contribution in [3.8, 4) is 0 Å². The molecule has 0 saturated heterocycles. The summed E-state index contributed by atoms with van der Waals surface area (Å²) in [6.45, 7) is 2.81. The number of primary amides is 1. The molecule has 2 atom stereocenters. The fraction of sp³-hybridized carbons (Fsp3) is 0.571. The highest BCUT2D eigenvalue weighted by Crippen LogP contribution is 1.87. The second-order valence-corrected chi connectivity index (χ2v) is 2.80. The molecule has 7 nitrogen and oxygen atoms in total. The molecule has 7 heteroatoms. The Morgan fingerprint density at radius 2 is 1.71 bits per heavy atom. The van der Waals surface area contributed by atoms with Crippen LogP contribution in [0.2, 0.25) is 0 Å². The Labute approximate surface area is 80.6 Å². The van der Waals surface area contributed by atoms with Gasteiger partial charge in [-0.05, 0) is 13.8 Å². The van der Waals surface area contributed by atoms with Crippen LogP contribution in [0.3, 0.4) is 0 Å². The molecular formula is C7H13N3O4. The third-order valence-electron chi connectivity index (χ3n) is 1.51. The van der Waals surface area contributed by atoms with Crippen molar-refractivity contribution in [2.75, 3.05) is 0 Å². The molecule has 0 heterocycles. The first kappa shape index (κ1) is 12.4. The number of carbonyl (C=O) groups excluding carboxylic acids is 2. The molecule has 0 aliphatic carbocycles. The van der Waals surface area contributed by atoms with Crippen LogP contribution in [0.4, 0.5) is 4.79 Å². The average Bonchev–Trinajstić information content (AvgIpc) is 2.02. The maximum absolute atomic E-state index is 11.0. The molecule has 80 valence electrons. The lowest BCUT2D eigenvalue weighted by atomic mass is 10.2. The van der Waals surface area contributed by atoms with Crippen molar-refractivity contribution in [3.63, 3.8) is 0 Å². The lowest BCUT2D eigenvalue weighted by Gasteiger charge is -2.15. The zero-order valence-electron chi connectivity index (χ0n) is 7.90. The van der Waals surface area contributed by atoms with Crippen molar-refractivity contribution >= 4 is 17.9 Å². The molecule has 2 unspecified atom stereocenters. The van der Waals surface area contributed by atoms with Crippen LogP contribution in [0.15, 0.2) is 0 Å². The summed E-state index contributed by atoms with van der Waals surface area (Å²) in [5.41, 5.74) is 4.71. The number of urea groups is 1. The standard InChI is InChI=1S/C7H13N3O4/c1-3(5(11)10-7(8)14)9-4(2)6(12)13/h3-4,9H,1-2H3,(H,12,13)(H3,8,10,11,14). The lowest BCUT2D eigenvalue weighted by molar-refractivity contribution is -0.139. The molecule has 0 fully saturated rings. The van der Waals surface area contributed by atoms with E-state index in [0.29, 0.717) is 0 Å². The van der Waals surface area contributed by atoms with Gasteiger partial charge < -0.3 is 10.8 Å². The van der Waals surface area contributed by atoms with Crippen LogP contribution in [0.25, 0.3) is 0 Å². The first-order chi connectivity index (χ1) is 6.34. The van der Waals surface area contributed by atoms with E-state index < -0.39 is 30.0 Å². The molecule has 0 saturated carbocycles. The largest absolute Gasteiger partial charge is 0.480 e. The van der Waals surface area contributed by atoms with Crippen molar-refractivity contribution in [3.05, 3.63) is 0 Å². The molecule has 0 aromatic rings. The molecular weight excluding hydrogens is 190 g/mol. The summed E-state index contributed by atoms with van der Waals surface area (Å²) in [5, 5.41) is 12.8. The summed E-state index contributed by atoms with van der Waals surface area (Å²) in [5.74, 6) is -1.74. The van der Waals surface area contributed by atoms with Crippen LogP contribution in [0.5, 0.6) is 0 Å². The maximum Gasteiger partial charge on any atom is 0.320 e. The number of aliphatic carboxylic acids is 1. The van der Waals surface area contributed by atoms with Crippen molar-refractivity contribution < 1.29 is 19.5 Å².